The number of hydrogen-bond acceptors (Lipinski definition) is 13. The molecule has 0 saturated heterocycles. The first kappa shape index (κ1) is 56.2. The van der Waals surface area contributed by atoms with E-state index < -0.39 is 108 Å². The Bertz CT molecular complexity index is 1850. The summed E-state index contributed by atoms with van der Waals surface area (Å²) in [5.41, 5.74) is 18.1. The van der Waals surface area contributed by atoms with Crippen molar-refractivity contribution in [3.63, 3.8) is 0 Å². The Morgan fingerprint density at radius 3 is 1.71 bits per heavy atom. The van der Waals surface area contributed by atoms with E-state index in [1.807, 2.05) is 13.8 Å². The number of aliphatic hydroxyl groups is 1. The average Bonchev–Trinajstić information content (AvgIpc) is 3.79. The molecular formula is C44H72N12O10. The topological polar surface area (TPSA) is 368 Å². The van der Waals surface area contributed by atoms with Gasteiger partial charge in [-0.3, -0.25) is 33.6 Å². The van der Waals surface area contributed by atoms with Crippen LogP contribution in [0.2, 0.25) is 0 Å². The van der Waals surface area contributed by atoms with Gasteiger partial charge in [-0.15, -0.1) is 0 Å². The smallest absolute Gasteiger partial charge is 0.326 e. The van der Waals surface area contributed by atoms with Crippen LogP contribution >= 0.6 is 0 Å². The molecule has 0 unspecified atom stereocenters. The van der Waals surface area contributed by atoms with Gasteiger partial charge in [-0.1, -0.05) is 64.4 Å². The first-order chi connectivity index (χ1) is 31.3. The van der Waals surface area contributed by atoms with Crippen molar-refractivity contribution in [3.8, 4) is 0 Å². The number of nitrogens with zero attached hydrogens (tertiary/aromatic N) is 1. The molecule has 0 radical (unpaired) electrons. The lowest BCUT2D eigenvalue weighted by Gasteiger charge is -2.28. The summed E-state index contributed by atoms with van der Waals surface area (Å²) < 4.78 is 0. The normalized spacial score (nSPS) is 14.9. The van der Waals surface area contributed by atoms with E-state index in [0.717, 1.165) is 0 Å². The number of amides is 7. The Morgan fingerprint density at radius 2 is 1.15 bits per heavy atom. The number of carbonyl (C=O) groups excluding carboxylic acids is 7. The van der Waals surface area contributed by atoms with Crippen LogP contribution < -0.4 is 54.4 Å². The number of H-pyrrole nitrogens is 1. The first-order valence-electron chi connectivity index (χ1n) is 22.4. The van der Waals surface area contributed by atoms with Crippen LogP contribution in [0.25, 0.3) is 0 Å². The average molecular weight is 929 g/mol. The number of aromatic nitrogens is 2. The summed E-state index contributed by atoms with van der Waals surface area (Å²) in [6.45, 7) is 8.29. The van der Waals surface area contributed by atoms with Gasteiger partial charge >= 0.3 is 5.97 Å². The van der Waals surface area contributed by atoms with E-state index in [0.29, 0.717) is 56.5 Å². The van der Waals surface area contributed by atoms with Gasteiger partial charge in [-0.05, 0) is 75.9 Å². The zero-order chi connectivity index (χ0) is 49.3. The van der Waals surface area contributed by atoms with Gasteiger partial charge in [0, 0.05) is 24.7 Å². The third-order valence-corrected chi connectivity index (χ3v) is 10.5. The van der Waals surface area contributed by atoms with Crippen LogP contribution in [0.4, 0.5) is 0 Å². The molecule has 0 aliphatic carbocycles. The molecule has 0 spiro atoms. The standard InChI is InChI=1S/C44H72N12O10/c1-25(2)19-32(40(61)51-31(44(65)66)16-10-12-18-46)53-41(62)33(20-28-13-7-6-8-14-28)52-37(58)27(5)50-39(60)34(21-29-22-48-24-49-29)54-43(64)36(26(3)4)56-42(63)35(23-57)55-38(59)30(47)15-9-11-17-45/h6-8,13-14,22,24-27,30-36,57H,9-12,15-21,23,45-47H2,1-5H3,(H,48,49)(H,50,60)(H,51,61)(H,52,58)(H,53,62)(H,54,64)(H,55,59)(H,56,63)(H,65,66)/t27-,30-,31-,32-,33-,34-,35-,36-/m0/s1. The zero-order valence-electron chi connectivity index (χ0n) is 38.6. The number of aliphatic hydroxyl groups excluding tert-OH is 1. The molecule has 7 amide bonds. The van der Waals surface area contributed by atoms with Gasteiger partial charge in [0.2, 0.25) is 41.4 Å². The Morgan fingerprint density at radius 1 is 0.621 bits per heavy atom. The highest BCUT2D eigenvalue weighted by Gasteiger charge is 2.35. The molecule has 0 fully saturated rings. The van der Waals surface area contributed by atoms with Crippen molar-refractivity contribution in [2.45, 2.75) is 141 Å². The van der Waals surface area contributed by atoms with E-state index in [9.17, 15) is 48.6 Å². The van der Waals surface area contributed by atoms with Crippen LogP contribution in [-0.2, 0) is 51.2 Å². The summed E-state index contributed by atoms with van der Waals surface area (Å²) in [4.78, 5) is 114. The molecule has 16 N–H and O–H groups in total. The molecule has 1 aromatic heterocycles. The first-order valence-corrected chi connectivity index (χ1v) is 22.4. The van der Waals surface area contributed by atoms with Crippen LogP contribution in [-0.4, -0.2) is 136 Å². The van der Waals surface area contributed by atoms with E-state index >= 15 is 0 Å². The van der Waals surface area contributed by atoms with Crippen molar-refractivity contribution >= 4 is 47.3 Å². The lowest BCUT2D eigenvalue weighted by Crippen LogP contribution is -2.61. The molecule has 1 heterocycles. The number of nitrogens with one attached hydrogen (secondary N) is 8. The zero-order valence-corrected chi connectivity index (χ0v) is 38.6. The number of aromatic amines is 1. The second kappa shape index (κ2) is 29.5. The second-order valence-corrected chi connectivity index (χ2v) is 17.1. The van der Waals surface area contributed by atoms with Crippen LogP contribution in [0, 0.1) is 11.8 Å². The van der Waals surface area contributed by atoms with E-state index in [2.05, 4.69) is 47.2 Å². The number of benzene rings is 1. The molecule has 368 valence electrons. The van der Waals surface area contributed by atoms with Gasteiger partial charge in [0.15, 0.2) is 0 Å². The fourth-order valence-corrected chi connectivity index (χ4v) is 6.72. The van der Waals surface area contributed by atoms with Crippen molar-refractivity contribution in [1.29, 1.82) is 0 Å². The molecular weight excluding hydrogens is 857 g/mol. The maximum atomic E-state index is 14.0. The number of rotatable bonds is 31. The van der Waals surface area contributed by atoms with Gasteiger partial charge in [0.05, 0.1) is 19.0 Å². The quantitative estimate of drug-likeness (QED) is 0.0363. The summed E-state index contributed by atoms with van der Waals surface area (Å²) in [6.07, 6.45) is 5.49. The summed E-state index contributed by atoms with van der Waals surface area (Å²) >= 11 is 0. The second-order valence-electron chi connectivity index (χ2n) is 17.1. The fourth-order valence-electron chi connectivity index (χ4n) is 6.72. The maximum Gasteiger partial charge on any atom is 0.326 e. The number of carboxylic acids is 1. The van der Waals surface area contributed by atoms with E-state index in [4.69, 9.17) is 17.2 Å². The third-order valence-electron chi connectivity index (χ3n) is 10.5. The summed E-state index contributed by atoms with van der Waals surface area (Å²) in [5, 5.41) is 37.8. The minimum atomic E-state index is -1.44. The van der Waals surface area contributed by atoms with Crippen LogP contribution in [0.15, 0.2) is 42.9 Å². The molecule has 0 aliphatic rings. The van der Waals surface area contributed by atoms with E-state index in [1.54, 1.807) is 44.2 Å². The van der Waals surface area contributed by atoms with Gasteiger partial charge in [0.1, 0.15) is 42.3 Å². The minimum Gasteiger partial charge on any atom is -0.480 e. The number of aliphatic carboxylic acids is 1. The molecule has 2 rings (SSSR count). The minimum absolute atomic E-state index is 0.0187. The van der Waals surface area contributed by atoms with Crippen LogP contribution in [0.3, 0.4) is 0 Å². The number of hydrogen-bond donors (Lipinski definition) is 13. The monoisotopic (exact) mass is 929 g/mol. The number of unbranched alkanes of at least 4 members (excludes halogenated alkanes) is 2. The predicted octanol–water partition coefficient (Wildman–Crippen LogP) is -2.03. The van der Waals surface area contributed by atoms with Crippen molar-refractivity contribution in [1.82, 2.24) is 47.2 Å². The Kier molecular flexibility index (Phi) is 25.1. The Labute approximate surface area is 385 Å². The molecule has 0 aliphatic heterocycles. The highest BCUT2D eigenvalue weighted by Crippen LogP contribution is 2.11. The summed E-state index contributed by atoms with van der Waals surface area (Å²) in [7, 11) is 0. The molecule has 0 bridgehead atoms. The van der Waals surface area contributed by atoms with Gasteiger partial charge in [0.25, 0.3) is 0 Å². The van der Waals surface area contributed by atoms with E-state index in [1.165, 1.54) is 19.4 Å². The van der Waals surface area contributed by atoms with E-state index in [-0.39, 0.29) is 31.6 Å². The number of carboxylic acid groups (broad SMARTS) is 1. The molecule has 8 atom stereocenters. The molecule has 2 aromatic rings. The van der Waals surface area contributed by atoms with Gasteiger partial charge < -0.3 is 69.6 Å². The summed E-state index contributed by atoms with van der Waals surface area (Å²) in [6, 6.07) is -1.18. The molecule has 22 heteroatoms. The SMILES string of the molecule is CC(C)C[C@H](NC(=O)[C@H](Cc1ccccc1)NC(=O)[C@H](C)NC(=O)[C@H](Cc1cnc[nH]1)NC(=O)[C@@H](NC(=O)[C@H](CO)NC(=O)[C@@H](N)CCCCN)C(C)C)C(=O)N[C@@H](CCCCN)C(=O)O. The largest absolute Gasteiger partial charge is 0.480 e. The predicted molar refractivity (Wildman–Crippen MR) is 244 cm³/mol. The Hall–Kier alpha value is -5.97. The van der Waals surface area contributed by atoms with Crippen molar-refractivity contribution in [2.75, 3.05) is 19.7 Å². The lowest BCUT2D eigenvalue weighted by atomic mass is 10.00. The maximum absolute atomic E-state index is 14.0. The Balaban J connectivity index is 2.28. The summed E-state index contributed by atoms with van der Waals surface area (Å²) in [5.74, 6) is -7.27. The number of imidazole rings is 1. The molecule has 1 aromatic carbocycles. The number of carbonyl (C=O) groups is 8. The van der Waals surface area contributed by atoms with Crippen LogP contribution in [0.1, 0.15) is 90.8 Å². The highest BCUT2D eigenvalue weighted by molar-refractivity contribution is 5.97. The van der Waals surface area contributed by atoms with Crippen LogP contribution in [0.5, 0.6) is 0 Å². The number of nitrogens with two attached hydrogens (primary N) is 3. The van der Waals surface area contributed by atoms with Crippen molar-refractivity contribution in [3.05, 3.63) is 54.1 Å². The molecule has 22 nitrogen and oxygen atoms in total. The van der Waals surface area contributed by atoms with Gasteiger partial charge in [-0.2, -0.15) is 0 Å². The molecule has 0 saturated carbocycles. The third kappa shape index (κ3) is 20.0. The highest BCUT2D eigenvalue weighted by atomic mass is 16.4. The lowest BCUT2D eigenvalue weighted by molar-refractivity contribution is -0.142. The fraction of sp³-hybridized carbons (Fsp3) is 0.614. The van der Waals surface area contributed by atoms with Crippen molar-refractivity contribution < 1.29 is 48.6 Å². The van der Waals surface area contributed by atoms with Crippen molar-refractivity contribution in [2.24, 2.45) is 29.0 Å². The van der Waals surface area contributed by atoms with Gasteiger partial charge in [-0.25, -0.2) is 9.78 Å². The molecule has 66 heavy (non-hydrogen) atoms.